The molecule has 0 aliphatic carbocycles. The number of hydrogen-bond donors (Lipinski definition) is 1. The van der Waals surface area contributed by atoms with E-state index in [1.807, 2.05) is 6.92 Å². The lowest BCUT2D eigenvalue weighted by atomic mass is 10.1. The van der Waals surface area contributed by atoms with Gasteiger partial charge in [0, 0.05) is 23.6 Å². The lowest BCUT2D eigenvalue weighted by Crippen LogP contribution is -2.47. The van der Waals surface area contributed by atoms with Gasteiger partial charge in [0.05, 0.1) is 11.3 Å². The summed E-state index contributed by atoms with van der Waals surface area (Å²) in [6, 6.07) is 3.83. The van der Waals surface area contributed by atoms with Gasteiger partial charge in [0.15, 0.2) is 0 Å². The molecule has 0 aromatic heterocycles. The van der Waals surface area contributed by atoms with Crippen molar-refractivity contribution in [3.8, 4) is 0 Å². The number of nitrogens with zero attached hydrogens (tertiary/aromatic N) is 1. The van der Waals surface area contributed by atoms with Gasteiger partial charge in [-0.15, -0.1) is 0 Å². The van der Waals surface area contributed by atoms with E-state index < -0.39 is 15.8 Å². The molecule has 5 nitrogen and oxygen atoms in total. The van der Waals surface area contributed by atoms with Crippen LogP contribution in [0, 0.1) is 5.82 Å². The van der Waals surface area contributed by atoms with Gasteiger partial charge >= 0.3 is 0 Å². The van der Waals surface area contributed by atoms with Crippen molar-refractivity contribution in [2.75, 3.05) is 18.8 Å². The second-order valence-electron chi connectivity index (χ2n) is 5.59. The molecule has 1 amide bonds. The number of carbonyl (C=O) groups is 1. The molecule has 8 heteroatoms. The summed E-state index contributed by atoms with van der Waals surface area (Å²) in [6.07, 6.45) is 1.75. The maximum atomic E-state index is 13.1. The first-order chi connectivity index (χ1) is 10.8. The van der Waals surface area contributed by atoms with Gasteiger partial charge < -0.3 is 5.32 Å². The molecule has 2 rings (SSSR count). The molecular formula is C15H20BrFN2O3S. The summed E-state index contributed by atoms with van der Waals surface area (Å²) in [6.45, 7) is 2.67. The average molecular weight is 407 g/mol. The Balaban J connectivity index is 1.92. The first-order valence-electron chi connectivity index (χ1n) is 7.57. The third kappa shape index (κ3) is 4.74. The number of nitrogens with one attached hydrogen (secondary N) is 1. The Hall–Kier alpha value is -0.990. The predicted molar refractivity (Wildman–Crippen MR) is 90.2 cm³/mol. The SMILES string of the molecule is CCCS(=O)(=O)N1CCC(NC(=O)c2ccc(F)cc2Br)CC1. The van der Waals surface area contributed by atoms with Gasteiger partial charge in [-0.05, 0) is 53.4 Å². The first kappa shape index (κ1) is 18.4. The number of halogens is 2. The van der Waals surface area contributed by atoms with Crippen LogP contribution in [-0.2, 0) is 10.0 Å². The van der Waals surface area contributed by atoms with Gasteiger partial charge in [-0.2, -0.15) is 0 Å². The first-order valence-corrected chi connectivity index (χ1v) is 9.97. The van der Waals surface area contributed by atoms with E-state index in [2.05, 4.69) is 21.2 Å². The van der Waals surface area contributed by atoms with E-state index >= 15 is 0 Å². The smallest absolute Gasteiger partial charge is 0.252 e. The van der Waals surface area contributed by atoms with Crippen molar-refractivity contribution in [3.63, 3.8) is 0 Å². The molecule has 1 heterocycles. The molecule has 1 saturated heterocycles. The Labute approximate surface area is 144 Å². The molecule has 0 unspecified atom stereocenters. The normalized spacial score (nSPS) is 17.2. The van der Waals surface area contributed by atoms with Crippen LogP contribution in [0.3, 0.4) is 0 Å². The minimum absolute atomic E-state index is 0.0764. The van der Waals surface area contributed by atoms with Gasteiger partial charge in [0.1, 0.15) is 5.82 Å². The van der Waals surface area contributed by atoms with Crippen molar-refractivity contribution in [1.82, 2.24) is 9.62 Å². The largest absolute Gasteiger partial charge is 0.349 e. The molecule has 0 bridgehead atoms. The van der Waals surface area contributed by atoms with Crippen LogP contribution < -0.4 is 5.32 Å². The Bertz CT molecular complexity index is 673. The molecule has 1 aliphatic rings. The zero-order valence-corrected chi connectivity index (χ0v) is 15.3. The summed E-state index contributed by atoms with van der Waals surface area (Å²) in [4.78, 5) is 12.2. The Morgan fingerprint density at radius 1 is 1.39 bits per heavy atom. The minimum atomic E-state index is -3.18. The van der Waals surface area contributed by atoms with E-state index in [0.29, 0.717) is 42.4 Å². The van der Waals surface area contributed by atoms with Crippen LogP contribution in [0.4, 0.5) is 4.39 Å². The number of amides is 1. The van der Waals surface area contributed by atoms with Crippen molar-refractivity contribution in [3.05, 3.63) is 34.1 Å². The van der Waals surface area contributed by atoms with Crippen LogP contribution in [0.25, 0.3) is 0 Å². The number of carbonyl (C=O) groups excluding carboxylic acids is 1. The van der Waals surface area contributed by atoms with Crippen LogP contribution in [0.5, 0.6) is 0 Å². The fourth-order valence-electron chi connectivity index (χ4n) is 2.60. The average Bonchev–Trinajstić information content (AvgIpc) is 2.47. The number of sulfonamides is 1. The highest BCUT2D eigenvalue weighted by Crippen LogP contribution is 2.20. The Morgan fingerprint density at radius 2 is 2.04 bits per heavy atom. The third-order valence-electron chi connectivity index (χ3n) is 3.82. The molecule has 23 heavy (non-hydrogen) atoms. The van der Waals surface area contributed by atoms with E-state index in [4.69, 9.17) is 0 Å². The molecule has 0 saturated carbocycles. The van der Waals surface area contributed by atoms with E-state index in [0.717, 1.165) is 0 Å². The van der Waals surface area contributed by atoms with Gasteiger partial charge in [0.25, 0.3) is 5.91 Å². The van der Waals surface area contributed by atoms with Gasteiger partial charge in [-0.1, -0.05) is 6.92 Å². The molecule has 0 atom stereocenters. The summed E-state index contributed by atoms with van der Waals surface area (Å²) in [5, 5.41) is 2.89. The van der Waals surface area contributed by atoms with Gasteiger partial charge in [0.2, 0.25) is 10.0 Å². The molecule has 0 radical (unpaired) electrons. The molecule has 1 aromatic carbocycles. The molecule has 0 spiro atoms. The van der Waals surface area contributed by atoms with Crippen LogP contribution in [0.15, 0.2) is 22.7 Å². The van der Waals surface area contributed by atoms with Crippen molar-refractivity contribution in [2.45, 2.75) is 32.2 Å². The van der Waals surface area contributed by atoms with Crippen molar-refractivity contribution in [2.24, 2.45) is 0 Å². The van der Waals surface area contributed by atoms with Crippen LogP contribution in [0.2, 0.25) is 0 Å². The summed E-state index contributed by atoms with van der Waals surface area (Å²) < 4.78 is 39.0. The standard InChI is InChI=1S/C15H20BrFN2O3S/c1-2-9-23(21,22)19-7-5-12(6-8-19)18-15(20)13-4-3-11(17)10-14(13)16/h3-4,10,12H,2,5-9H2,1H3,(H,18,20). The molecule has 1 fully saturated rings. The monoisotopic (exact) mass is 406 g/mol. The quantitative estimate of drug-likeness (QED) is 0.816. The third-order valence-corrected chi connectivity index (χ3v) is 6.55. The Morgan fingerprint density at radius 3 is 2.61 bits per heavy atom. The second-order valence-corrected chi connectivity index (χ2v) is 8.53. The zero-order valence-electron chi connectivity index (χ0n) is 12.9. The molecular weight excluding hydrogens is 387 g/mol. The van der Waals surface area contributed by atoms with Crippen molar-refractivity contribution < 1.29 is 17.6 Å². The summed E-state index contributed by atoms with van der Waals surface area (Å²) in [5.41, 5.74) is 0.368. The molecule has 1 aliphatic heterocycles. The highest BCUT2D eigenvalue weighted by Gasteiger charge is 2.28. The topological polar surface area (TPSA) is 66.5 Å². The summed E-state index contributed by atoms with van der Waals surface area (Å²) >= 11 is 3.18. The van der Waals surface area contributed by atoms with Crippen LogP contribution in [-0.4, -0.2) is 43.5 Å². The van der Waals surface area contributed by atoms with E-state index in [9.17, 15) is 17.6 Å². The highest BCUT2D eigenvalue weighted by molar-refractivity contribution is 9.10. The van der Waals surface area contributed by atoms with Crippen LogP contribution >= 0.6 is 15.9 Å². The fraction of sp³-hybridized carbons (Fsp3) is 0.533. The Kier molecular flexibility index (Phi) is 6.16. The summed E-state index contributed by atoms with van der Waals surface area (Å²) in [5.74, 6) is -0.540. The fourth-order valence-corrected chi connectivity index (χ4v) is 4.67. The number of hydrogen-bond acceptors (Lipinski definition) is 3. The second kappa shape index (κ2) is 7.72. The molecule has 1 aromatic rings. The summed E-state index contributed by atoms with van der Waals surface area (Å²) in [7, 11) is -3.18. The van der Waals surface area contributed by atoms with E-state index in [1.165, 1.54) is 22.5 Å². The number of rotatable bonds is 5. The minimum Gasteiger partial charge on any atom is -0.349 e. The molecule has 1 N–H and O–H groups in total. The lowest BCUT2D eigenvalue weighted by molar-refractivity contribution is 0.0923. The van der Waals surface area contributed by atoms with Crippen LogP contribution in [0.1, 0.15) is 36.5 Å². The van der Waals surface area contributed by atoms with Crippen molar-refractivity contribution in [1.29, 1.82) is 0 Å². The predicted octanol–water partition coefficient (Wildman–Crippen LogP) is 2.52. The van der Waals surface area contributed by atoms with E-state index in [1.54, 1.807) is 0 Å². The van der Waals surface area contributed by atoms with Gasteiger partial charge in [-0.25, -0.2) is 17.1 Å². The lowest BCUT2D eigenvalue weighted by Gasteiger charge is -2.31. The van der Waals surface area contributed by atoms with Crippen molar-refractivity contribution >= 4 is 31.9 Å². The maximum absolute atomic E-state index is 13.1. The maximum Gasteiger partial charge on any atom is 0.252 e. The number of benzene rings is 1. The number of piperidine rings is 1. The highest BCUT2D eigenvalue weighted by atomic mass is 79.9. The van der Waals surface area contributed by atoms with Gasteiger partial charge in [-0.3, -0.25) is 4.79 Å². The zero-order chi connectivity index (χ0) is 17.0. The molecule has 128 valence electrons. The van der Waals surface area contributed by atoms with E-state index in [-0.39, 0.29) is 17.7 Å².